The first kappa shape index (κ1) is 14.3. The first-order valence-electron chi connectivity index (χ1n) is 7.03. The normalized spacial score (nSPS) is 23.1. The molecule has 0 bridgehead atoms. The van der Waals surface area contributed by atoms with Crippen molar-refractivity contribution < 1.29 is 4.74 Å². The standard InChI is InChI=1S/C15H22N2OS/c1-3-11-5-4-6-13(8-11)18-14-9-12(15(16)19)7-10(2)17-14/h7,9,11,13H,3-6,8H2,1-2H3,(H2,16,19). The minimum atomic E-state index is 0.284. The van der Waals surface area contributed by atoms with Crippen LogP contribution in [-0.4, -0.2) is 16.1 Å². The Bertz CT molecular complexity index is 461. The van der Waals surface area contributed by atoms with Crippen LogP contribution in [0.4, 0.5) is 0 Å². The second-order valence-corrected chi connectivity index (χ2v) is 5.82. The smallest absolute Gasteiger partial charge is 0.214 e. The van der Waals surface area contributed by atoms with Crippen LogP contribution >= 0.6 is 12.2 Å². The molecule has 2 rings (SSSR count). The van der Waals surface area contributed by atoms with E-state index in [4.69, 9.17) is 22.7 Å². The van der Waals surface area contributed by atoms with Gasteiger partial charge in [-0.3, -0.25) is 0 Å². The molecule has 1 aromatic rings. The molecule has 2 N–H and O–H groups in total. The van der Waals surface area contributed by atoms with E-state index in [-0.39, 0.29) is 6.10 Å². The van der Waals surface area contributed by atoms with Crippen LogP contribution in [0, 0.1) is 12.8 Å². The molecule has 19 heavy (non-hydrogen) atoms. The Hall–Kier alpha value is -1.16. The van der Waals surface area contributed by atoms with Crippen molar-refractivity contribution in [2.45, 2.75) is 52.1 Å². The maximum absolute atomic E-state index is 6.03. The zero-order chi connectivity index (χ0) is 13.8. The Kier molecular flexibility index (Phi) is 4.75. The second-order valence-electron chi connectivity index (χ2n) is 5.38. The van der Waals surface area contributed by atoms with Crippen LogP contribution in [0.15, 0.2) is 12.1 Å². The Morgan fingerprint density at radius 2 is 2.26 bits per heavy atom. The molecule has 4 heteroatoms. The van der Waals surface area contributed by atoms with Gasteiger partial charge in [-0.05, 0) is 38.2 Å². The van der Waals surface area contributed by atoms with E-state index in [1.165, 1.54) is 19.3 Å². The molecule has 104 valence electrons. The largest absolute Gasteiger partial charge is 0.474 e. The van der Waals surface area contributed by atoms with E-state index in [1.807, 2.05) is 19.1 Å². The van der Waals surface area contributed by atoms with Gasteiger partial charge >= 0.3 is 0 Å². The highest BCUT2D eigenvalue weighted by Gasteiger charge is 2.22. The van der Waals surface area contributed by atoms with Crippen LogP contribution in [0.1, 0.15) is 50.3 Å². The van der Waals surface area contributed by atoms with Gasteiger partial charge in [0.05, 0.1) is 0 Å². The Balaban J connectivity index is 2.08. The van der Waals surface area contributed by atoms with Crippen molar-refractivity contribution in [1.82, 2.24) is 4.98 Å². The summed E-state index contributed by atoms with van der Waals surface area (Å²) < 4.78 is 6.03. The van der Waals surface area contributed by atoms with Crippen LogP contribution in [0.25, 0.3) is 0 Å². The highest BCUT2D eigenvalue weighted by atomic mass is 32.1. The van der Waals surface area contributed by atoms with Crippen molar-refractivity contribution in [2.24, 2.45) is 11.7 Å². The topological polar surface area (TPSA) is 48.1 Å². The maximum Gasteiger partial charge on any atom is 0.214 e. The van der Waals surface area contributed by atoms with E-state index >= 15 is 0 Å². The molecule has 3 nitrogen and oxygen atoms in total. The summed E-state index contributed by atoms with van der Waals surface area (Å²) in [5, 5.41) is 0. The van der Waals surface area contributed by atoms with E-state index in [1.54, 1.807) is 0 Å². The fourth-order valence-electron chi connectivity index (χ4n) is 2.73. The van der Waals surface area contributed by atoms with E-state index in [2.05, 4.69) is 11.9 Å². The van der Waals surface area contributed by atoms with Gasteiger partial charge in [-0.25, -0.2) is 4.98 Å². The van der Waals surface area contributed by atoms with Gasteiger partial charge in [-0.2, -0.15) is 0 Å². The molecule has 1 aliphatic carbocycles. The number of nitrogens with zero attached hydrogens (tertiary/aromatic N) is 1. The number of nitrogens with two attached hydrogens (primary N) is 1. The average Bonchev–Trinajstić information content (AvgIpc) is 2.38. The molecule has 0 radical (unpaired) electrons. The molecule has 2 unspecified atom stereocenters. The number of hydrogen-bond acceptors (Lipinski definition) is 3. The number of aryl methyl sites for hydroxylation is 1. The van der Waals surface area contributed by atoms with Crippen molar-refractivity contribution in [3.63, 3.8) is 0 Å². The third-order valence-electron chi connectivity index (χ3n) is 3.81. The Labute approximate surface area is 120 Å². The van der Waals surface area contributed by atoms with Crippen LogP contribution in [0.2, 0.25) is 0 Å². The molecular weight excluding hydrogens is 256 g/mol. The molecule has 0 spiro atoms. The number of ether oxygens (including phenoxy) is 1. The number of pyridine rings is 1. The lowest BCUT2D eigenvalue weighted by molar-refractivity contribution is 0.117. The second kappa shape index (κ2) is 6.33. The first-order chi connectivity index (χ1) is 9.08. The average molecular weight is 278 g/mol. The summed E-state index contributed by atoms with van der Waals surface area (Å²) in [6.45, 7) is 4.19. The lowest BCUT2D eigenvalue weighted by Gasteiger charge is -2.28. The van der Waals surface area contributed by atoms with Gasteiger partial charge in [-0.15, -0.1) is 0 Å². The molecular formula is C15H22N2OS. The summed E-state index contributed by atoms with van der Waals surface area (Å²) in [6.07, 6.45) is 6.35. The predicted octanol–water partition coefficient (Wildman–Crippen LogP) is 3.37. The molecule has 1 heterocycles. The van der Waals surface area contributed by atoms with Crippen molar-refractivity contribution in [2.75, 3.05) is 0 Å². The van der Waals surface area contributed by atoms with Crippen molar-refractivity contribution >= 4 is 17.2 Å². The zero-order valence-electron chi connectivity index (χ0n) is 11.7. The molecule has 0 aromatic carbocycles. The SMILES string of the molecule is CCC1CCCC(Oc2cc(C(N)=S)cc(C)n2)C1. The number of thiocarbonyl (C=S) groups is 1. The maximum atomic E-state index is 6.03. The van der Waals surface area contributed by atoms with Crippen molar-refractivity contribution in [1.29, 1.82) is 0 Å². The van der Waals surface area contributed by atoms with Gasteiger partial charge in [0.25, 0.3) is 0 Å². The van der Waals surface area contributed by atoms with Gasteiger partial charge < -0.3 is 10.5 Å². The zero-order valence-corrected chi connectivity index (χ0v) is 12.5. The van der Waals surface area contributed by atoms with Gasteiger partial charge in [0.2, 0.25) is 5.88 Å². The van der Waals surface area contributed by atoms with E-state index in [9.17, 15) is 0 Å². The molecule has 1 aliphatic rings. The van der Waals surface area contributed by atoms with Gasteiger partial charge in [0, 0.05) is 17.3 Å². The van der Waals surface area contributed by atoms with Gasteiger partial charge in [0.1, 0.15) is 11.1 Å². The third kappa shape index (κ3) is 3.90. The van der Waals surface area contributed by atoms with Crippen LogP contribution in [-0.2, 0) is 0 Å². The van der Waals surface area contributed by atoms with E-state index in [0.29, 0.717) is 10.9 Å². The summed E-state index contributed by atoms with van der Waals surface area (Å²) in [6, 6.07) is 3.75. The molecule has 1 saturated carbocycles. The highest BCUT2D eigenvalue weighted by molar-refractivity contribution is 7.80. The molecule has 1 fully saturated rings. The lowest BCUT2D eigenvalue weighted by atomic mass is 9.85. The monoisotopic (exact) mass is 278 g/mol. The first-order valence-corrected chi connectivity index (χ1v) is 7.44. The minimum Gasteiger partial charge on any atom is -0.474 e. The lowest BCUT2D eigenvalue weighted by Crippen LogP contribution is -2.25. The summed E-state index contributed by atoms with van der Waals surface area (Å²) in [5.74, 6) is 1.45. The minimum absolute atomic E-state index is 0.284. The molecule has 0 aliphatic heterocycles. The van der Waals surface area contributed by atoms with Crippen molar-refractivity contribution in [3.8, 4) is 5.88 Å². The summed E-state index contributed by atoms with van der Waals surface area (Å²) in [7, 11) is 0. The van der Waals surface area contributed by atoms with E-state index in [0.717, 1.165) is 30.0 Å². The molecule has 2 atom stereocenters. The Morgan fingerprint density at radius 1 is 1.47 bits per heavy atom. The van der Waals surface area contributed by atoms with E-state index < -0.39 is 0 Å². The van der Waals surface area contributed by atoms with Gasteiger partial charge in [-0.1, -0.05) is 32.0 Å². The third-order valence-corrected chi connectivity index (χ3v) is 4.05. The summed E-state index contributed by atoms with van der Waals surface area (Å²) in [5.41, 5.74) is 7.40. The van der Waals surface area contributed by atoms with Crippen LogP contribution in [0.5, 0.6) is 5.88 Å². The molecule has 1 aromatic heterocycles. The number of rotatable bonds is 4. The van der Waals surface area contributed by atoms with Crippen molar-refractivity contribution in [3.05, 3.63) is 23.4 Å². The predicted molar refractivity (Wildman–Crippen MR) is 81.5 cm³/mol. The number of hydrogen-bond donors (Lipinski definition) is 1. The number of aromatic nitrogens is 1. The fourth-order valence-corrected chi connectivity index (χ4v) is 2.85. The summed E-state index contributed by atoms with van der Waals surface area (Å²) in [4.78, 5) is 4.82. The van der Waals surface area contributed by atoms with Crippen LogP contribution < -0.4 is 10.5 Å². The summed E-state index contributed by atoms with van der Waals surface area (Å²) >= 11 is 5.02. The Morgan fingerprint density at radius 3 is 2.95 bits per heavy atom. The molecule has 0 amide bonds. The fraction of sp³-hybridized carbons (Fsp3) is 0.600. The highest BCUT2D eigenvalue weighted by Crippen LogP contribution is 2.29. The molecule has 0 saturated heterocycles. The quantitative estimate of drug-likeness (QED) is 0.858. The van der Waals surface area contributed by atoms with Crippen LogP contribution in [0.3, 0.4) is 0 Å². The van der Waals surface area contributed by atoms with Gasteiger partial charge in [0.15, 0.2) is 0 Å².